The second-order valence-electron chi connectivity index (χ2n) is 9.28. The van der Waals surface area contributed by atoms with Crippen LogP contribution in [0.1, 0.15) is 49.8 Å². The van der Waals surface area contributed by atoms with E-state index in [1.807, 2.05) is 0 Å². The number of hydrogen-bond acceptors (Lipinski definition) is 6. The summed E-state index contributed by atoms with van der Waals surface area (Å²) in [4.78, 5) is 17.4. The molecule has 0 N–H and O–H groups in total. The molecule has 0 saturated heterocycles. The number of carbonyl (C=O) groups is 1. The molecule has 0 radical (unpaired) electrons. The predicted molar refractivity (Wildman–Crippen MR) is 127 cm³/mol. The van der Waals surface area contributed by atoms with E-state index in [1.165, 1.54) is 19.1 Å². The zero-order chi connectivity index (χ0) is 28.1. The Morgan fingerprint density at radius 2 is 1.53 bits per heavy atom. The smallest absolute Gasteiger partial charge is 0.416 e. The van der Waals surface area contributed by atoms with E-state index in [0.717, 1.165) is 17.7 Å². The average molecular weight is 544 g/mol. The highest BCUT2D eigenvalue weighted by molar-refractivity contribution is 5.84. The largest absolute Gasteiger partial charge is 0.480 e. The number of rotatable bonds is 11. The summed E-state index contributed by atoms with van der Waals surface area (Å²) in [6, 6.07) is 11.6. The second-order valence-corrected chi connectivity index (χ2v) is 9.28. The molecule has 0 aliphatic rings. The zero-order valence-electron chi connectivity index (χ0n) is 21.0. The number of alkyl halides is 6. The van der Waals surface area contributed by atoms with E-state index in [4.69, 9.17) is 9.26 Å². The van der Waals surface area contributed by atoms with Crippen molar-refractivity contribution in [3.8, 4) is 5.75 Å². The van der Waals surface area contributed by atoms with Gasteiger partial charge in [-0.1, -0.05) is 24.3 Å². The first kappa shape index (κ1) is 29.0. The predicted octanol–water partition coefficient (Wildman–Crippen LogP) is 6.58. The van der Waals surface area contributed by atoms with Crippen molar-refractivity contribution in [3.05, 3.63) is 71.1 Å². The van der Waals surface area contributed by atoms with E-state index >= 15 is 0 Å². The van der Waals surface area contributed by atoms with Crippen LogP contribution in [0.3, 0.4) is 0 Å². The number of ether oxygens (including phenoxy) is 1. The van der Waals surface area contributed by atoms with Crippen LogP contribution in [0.15, 0.2) is 53.1 Å². The van der Waals surface area contributed by atoms with Crippen LogP contribution in [-0.2, 0) is 30.4 Å². The maximum atomic E-state index is 12.9. The van der Waals surface area contributed by atoms with Gasteiger partial charge in [-0.15, -0.1) is 0 Å². The molecule has 0 fully saturated rings. The first-order valence-corrected chi connectivity index (χ1v) is 11.7. The van der Waals surface area contributed by atoms with Gasteiger partial charge in [0.1, 0.15) is 5.75 Å². The Hall–Kier alpha value is -3.57. The number of aromatic nitrogens is 2. The van der Waals surface area contributed by atoms with Crippen LogP contribution in [-0.4, -0.2) is 34.2 Å². The minimum Gasteiger partial charge on any atom is -0.480 e. The Bertz CT molecular complexity index is 1200. The highest BCUT2D eigenvalue weighted by Crippen LogP contribution is 2.29. The number of nitrogens with zero attached hydrogens (tertiary/aromatic N) is 3. The van der Waals surface area contributed by atoms with Crippen molar-refractivity contribution in [2.45, 2.75) is 64.5 Å². The average Bonchev–Trinajstić information content (AvgIpc) is 3.29. The number of aryl methyl sites for hydroxylation is 1. The summed E-state index contributed by atoms with van der Waals surface area (Å²) < 4.78 is 87.2. The van der Waals surface area contributed by atoms with E-state index < -0.39 is 36.4 Å². The fourth-order valence-corrected chi connectivity index (χ4v) is 3.35. The van der Waals surface area contributed by atoms with Crippen molar-refractivity contribution in [2.24, 2.45) is 0 Å². The number of anilines is 1. The third-order valence-electron chi connectivity index (χ3n) is 5.83. The summed E-state index contributed by atoms with van der Waals surface area (Å²) in [5.74, 6) is 0.216. The molecule has 0 saturated carbocycles. The van der Waals surface area contributed by atoms with Crippen LogP contribution in [0.2, 0.25) is 0 Å². The molecule has 1 heterocycles. The molecule has 6 nitrogen and oxygen atoms in total. The minimum absolute atomic E-state index is 0.0326. The van der Waals surface area contributed by atoms with Gasteiger partial charge in [0.25, 0.3) is 5.95 Å². The summed E-state index contributed by atoms with van der Waals surface area (Å²) in [6.07, 6.45) is -10.0. The number of ketones is 1. The second kappa shape index (κ2) is 11.4. The molecular weight excluding hydrogens is 516 g/mol. The van der Waals surface area contributed by atoms with Gasteiger partial charge in [-0.2, -0.15) is 31.3 Å². The van der Waals surface area contributed by atoms with Crippen molar-refractivity contribution in [2.75, 3.05) is 11.4 Å². The van der Waals surface area contributed by atoms with Crippen LogP contribution >= 0.6 is 0 Å². The van der Waals surface area contributed by atoms with E-state index in [2.05, 4.69) is 10.1 Å². The molecular formula is C26H27F6N3O3. The molecule has 38 heavy (non-hydrogen) atoms. The molecule has 0 atom stereocenters. The molecule has 206 valence electrons. The first-order valence-electron chi connectivity index (χ1n) is 11.7. The fourth-order valence-electron chi connectivity index (χ4n) is 3.35. The van der Waals surface area contributed by atoms with E-state index in [1.54, 1.807) is 43.0 Å². The van der Waals surface area contributed by atoms with Gasteiger partial charge in [-0.25, -0.2) is 0 Å². The van der Waals surface area contributed by atoms with Crippen molar-refractivity contribution in [3.63, 3.8) is 0 Å². The van der Waals surface area contributed by atoms with E-state index in [-0.39, 0.29) is 24.2 Å². The molecule has 0 bridgehead atoms. The highest BCUT2D eigenvalue weighted by atomic mass is 19.4. The number of benzene rings is 2. The first-order chi connectivity index (χ1) is 17.6. The molecule has 3 rings (SSSR count). The highest BCUT2D eigenvalue weighted by Gasteiger charge is 2.30. The van der Waals surface area contributed by atoms with Crippen LogP contribution in [0.5, 0.6) is 5.75 Å². The van der Waals surface area contributed by atoms with Crippen LogP contribution in [0, 0.1) is 0 Å². The Kier molecular flexibility index (Phi) is 8.73. The van der Waals surface area contributed by atoms with Gasteiger partial charge >= 0.3 is 12.4 Å². The van der Waals surface area contributed by atoms with Gasteiger partial charge in [0.2, 0.25) is 5.89 Å². The van der Waals surface area contributed by atoms with Crippen molar-refractivity contribution < 1.29 is 40.4 Å². The van der Waals surface area contributed by atoms with E-state index in [0.29, 0.717) is 24.3 Å². The summed E-state index contributed by atoms with van der Waals surface area (Å²) in [6.45, 7) is 5.15. The summed E-state index contributed by atoms with van der Waals surface area (Å²) in [7, 11) is 0. The summed E-state index contributed by atoms with van der Waals surface area (Å²) in [5, 5.41) is 3.79. The lowest BCUT2D eigenvalue weighted by atomic mass is 10.1. The molecule has 1 aromatic heterocycles. The quantitative estimate of drug-likeness (QED) is 0.255. The molecule has 0 aliphatic carbocycles. The molecule has 0 unspecified atom stereocenters. The maximum absolute atomic E-state index is 12.9. The van der Waals surface area contributed by atoms with Gasteiger partial charge in [0, 0.05) is 19.5 Å². The topological polar surface area (TPSA) is 68.5 Å². The number of halogens is 6. The lowest BCUT2D eigenvalue weighted by Gasteiger charge is -2.23. The molecule has 12 heteroatoms. The van der Waals surface area contributed by atoms with Crippen molar-refractivity contribution in [1.29, 1.82) is 0 Å². The summed E-state index contributed by atoms with van der Waals surface area (Å²) in [5.41, 5.74) is -0.384. The fraction of sp³-hybridized carbons (Fsp3) is 0.423. The maximum Gasteiger partial charge on any atom is 0.416 e. The van der Waals surface area contributed by atoms with Crippen molar-refractivity contribution in [1.82, 2.24) is 10.1 Å². The lowest BCUT2D eigenvalue weighted by molar-refractivity contribution is -0.137. The van der Waals surface area contributed by atoms with E-state index in [9.17, 15) is 31.1 Å². The van der Waals surface area contributed by atoms with Gasteiger partial charge in [-0.3, -0.25) is 4.79 Å². The normalized spacial score (nSPS) is 12.4. The van der Waals surface area contributed by atoms with Gasteiger partial charge in [0.05, 0.1) is 12.0 Å². The minimum atomic E-state index is -4.48. The molecule has 2 aromatic carbocycles. The number of hydrogen-bond donors (Lipinski definition) is 0. The Morgan fingerprint density at radius 3 is 2.08 bits per heavy atom. The van der Waals surface area contributed by atoms with Crippen LogP contribution in [0.25, 0.3) is 0 Å². The molecule has 0 amide bonds. The van der Waals surface area contributed by atoms with Crippen LogP contribution < -0.4 is 9.64 Å². The number of carbonyl (C=O) groups excluding carboxylic acids is 1. The zero-order valence-corrected chi connectivity index (χ0v) is 21.0. The van der Waals surface area contributed by atoms with Gasteiger partial charge in [0.15, 0.2) is 11.4 Å². The SMILES string of the molecule is CC(=O)C(C)(C)Oc1ccc(CCN(Cc2ccc(C(F)(F)F)cc2)c2noc(CCC(F)(F)F)n2)cc1. The van der Waals surface area contributed by atoms with Crippen LogP contribution in [0.4, 0.5) is 32.3 Å². The monoisotopic (exact) mass is 543 g/mol. The van der Waals surface area contributed by atoms with Gasteiger partial charge in [-0.05, 0) is 67.7 Å². The van der Waals surface area contributed by atoms with Gasteiger partial charge < -0.3 is 14.2 Å². The number of Topliss-reactive ketones (excluding diaryl/α,β-unsaturated/α-hetero) is 1. The molecule has 0 spiro atoms. The summed E-state index contributed by atoms with van der Waals surface area (Å²) >= 11 is 0. The molecule has 0 aliphatic heterocycles. The standard InChI is InChI=1S/C26H27F6N3O3/c1-17(36)24(2,3)37-21-10-6-18(7-11-21)13-15-35(16-19-4-8-20(9-5-19)26(30,31)32)23-33-22(38-34-23)12-14-25(27,28)29/h4-11H,12-16H2,1-3H3. The Morgan fingerprint density at radius 1 is 0.921 bits per heavy atom. The third kappa shape index (κ3) is 8.49. The Balaban J connectivity index is 1.74. The van der Waals surface area contributed by atoms with Crippen molar-refractivity contribution >= 4 is 11.7 Å². The lowest BCUT2D eigenvalue weighted by Crippen LogP contribution is -2.36. The molecule has 3 aromatic rings. The third-order valence-corrected chi connectivity index (χ3v) is 5.83. The Labute approximate surface area is 215 Å².